The zero-order valence-corrected chi connectivity index (χ0v) is 12.5. The van der Waals surface area contributed by atoms with Crippen molar-refractivity contribution in [3.8, 4) is 6.07 Å². The normalized spacial score (nSPS) is 17.0. The summed E-state index contributed by atoms with van der Waals surface area (Å²) >= 11 is 0. The lowest BCUT2D eigenvalue weighted by Gasteiger charge is -2.21. The van der Waals surface area contributed by atoms with Crippen molar-refractivity contribution in [3.05, 3.63) is 34.9 Å². The fourth-order valence-electron chi connectivity index (χ4n) is 2.28. The Balaban J connectivity index is 1.96. The van der Waals surface area contributed by atoms with E-state index in [1.54, 1.807) is 0 Å². The minimum absolute atomic E-state index is 0.0563. The molecule has 0 aromatic heterocycles. The molecule has 1 N–H and O–H groups in total. The Kier molecular flexibility index (Phi) is 3.69. The third kappa shape index (κ3) is 3.36. The van der Waals surface area contributed by atoms with E-state index in [-0.39, 0.29) is 10.8 Å². The van der Waals surface area contributed by atoms with E-state index in [9.17, 15) is 0 Å². The summed E-state index contributed by atoms with van der Waals surface area (Å²) in [6.07, 6.45) is 2.11. The molecule has 1 fully saturated rings. The average molecular weight is 256 g/mol. The summed E-state index contributed by atoms with van der Waals surface area (Å²) in [5.41, 5.74) is 4.20. The van der Waals surface area contributed by atoms with Gasteiger partial charge in [0.1, 0.15) is 0 Å². The van der Waals surface area contributed by atoms with E-state index in [0.717, 1.165) is 25.9 Å². The van der Waals surface area contributed by atoms with E-state index in [0.29, 0.717) is 0 Å². The molecule has 2 nitrogen and oxygen atoms in total. The van der Waals surface area contributed by atoms with Crippen molar-refractivity contribution >= 4 is 0 Å². The molecule has 1 aliphatic carbocycles. The Hall–Kier alpha value is -1.33. The Morgan fingerprint density at radius 2 is 2.00 bits per heavy atom. The summed E-state index contributed by atoms with van der Waals surface area (Å²) < 4.78 is 0. The van der Waals surface area contributed by atoms with E-state index in [1.165, 1.54) is 16.7 Å². The maximum absolute atomic E-state index is 9.04. The first kappa shape index (κ1) is 14.1. The third-order valence-electron chi connectivity index (χ3n) is 4.08. The maximum atomic E-state index is 9.04. The van der Waals surface area contributed by atoms with Gasteiger partial charge in [-0.25, -0.2) is 0 Å². The largest absolute Gasteiger partial charge is 0.311 e. The van der Waals surface area contributed by atoms with Crippen LogP contribution in [0.15, 0.2) is 18.2 Å². The number of nitrogens with zero attached hydrogens (tertiary/aromatic N) is 1. The van der Waals surface area contributed by atoms with Crippen molar-refractivity contribution in [1.82, 2.24) is 5.32 Å². The molecule has 1 aliphatic rings. The van der Waals surface area contributed by atoms with Gasteiger partial charge in [-0.1, -0.05) is 39.0 Å². The molecule has 0 amide bonds. The van der Waals surface area contributed by atoms with Crippen LogP contribution in [-0.2, 0) is 12.0 Å². The molecular weight excluding hydrogens is 232 g/mol. The van der Waals surface area contributed by atoms with Crippen molar-refractivity contribution in [2.45, 2.75) is 52.5 Å². The van der Waals surface area contributed by atoms with Crippen LogP contribution in [0, 0.1) is 23.7 Å². The van der Waals surface area contributed by atoms with E-state index in [4.69, 9.17) is 5.26 Å². The molecule has 0 bridgehead atoms. The van der Waals surface area contributed by atoms with Crippen molar-refractivity contribution < 1.29 is 0 Å². The van der Waals surface area contributed by atoms with Gasteiger partial charge in [0.15, 0.2) is 0 Å². The summed E-state index contributed by atoms with van der Waals surface area (Å²) in [5, 5.41) is 12.5. The van der Waals surface area contributed by atoms with E-state index in [1.807, 2.05) is 0 Å². The van der Waals surface area contributed by atoms with Crippen LogP contribution in [0.5, 0.6) is 0 Å². The molecule has 2 rings (SSSR count). The highest BCUT2D eigenvalue weighted by Gasteiger charge is 2.42. The van der Waals surface area contributed by atoms with Crippen LogP contribution < -0.4 is 5.32 Å². The molecule has 102 valence electrons. The summed E-state index contributed by atoms with van der Waals surface area (Å²) in [7, 11) is 0. The summed E-state index contributed by atoms with van der Waals surface area (Å²) in [6, 6.07) is 9.15. The maximum Gasteiger partial charge on any atom is 0.0703 e. The second-order valence-electron chi connectivity index (χ2n) is 6.89. The van der Waals surface area contributed by atoms with Gasteiger partial charge in [-0.3, -0.25) is 0 Å². The molecule has 0 heterocycles. The molecular formula is C17H24N2. The van der Waals surface area contributed by atoms with Gasteiger partial charge in [-0.15, -0.1) is 0 Å². The standard InChI is InChI=1S/C17H24N2/c1-13-9-15(16(2,3)4)6-5-14(13)10-19-12-17(11-18)7-8-17/h5-6,9,19H,7-8,10,12H2,1-4H3. The number of nitrogens with one attached hydrogen (secondary N) is 1. The Morgan fingerprint density at radius 1 is 1.32 bits per heavy atom. The number of aryl methyl sites for hydroxylation is 1. The van der Waals surface area contributed by atoms with Gasteiger partial charge in [0.25, 0.3) is 0 Å². The molecule has 2 heteroatoms. The lowest BCUT2D eigenvalue weighted by molar-refractivity contribution is 0.556. The van der Waals surface area contributed by atoms with Crippen LogP contribution in [0.1, 0.15) is 50.3 Å². The number of rotatable bonds is 4. The third-order valence-corrected chi connectivity index (χ3v) is 4.08. The SMILES string of the molecule is Cc1cc(C(C)(C)C)ccc1CNCC1(C#N)CC1. The van der Waals surface area contributed by atoms with Gasteiger partial charge in [0.05, 0.1) is 11.5 Å². The molecule has 0 aliphatic heterocycles. The molecule has 0 saturated heterocycles. The highest BCUT2D eigenvalue weighted by atomic mass is 14.9. The fourth-order valence-corrected chi connectivity index (χ4v) is 2.28. The molecule has 19 heavy (non-hydrogen) atoms. The first-order chi connectivity index (χ1) is 8.86. The highest BCUT2D eigenvalue weighted by molar-refractivity contribution is 5.34. The molecule has 0 spiro atoms. The second kappa shape index (κ2) is 4.98. The van der Waals surface area contributed by atoms with Gasteiger partial charge < -0.3 is 5.32 Å². The van der Waals surface area contributed by atoms with Gasteiger partial charge in [0, 0.05) is 13.1 Å². The fraction of sp³-hybridized carbons (Fsp3) is 0.588. The molecule has 1 aromatic carbocycles. The van der Waals surface area contributed by atoms with Crippen molar-refractivity contribution in [1.29, 1.82) is 5.26 Å². The first-order valence-electron chi connectivity index (χ1n) is 7.08. The van der Waals surface area contributed by atoms with Crippen LogP contribution in [0.3, 0.4) is 0 Å². The van der Waals surface area contributed by atoms with Gasteiger partial charge in [0.2, 0.25) is 0 Å². The molecule has 1 saturated carbocycles. The van der Waals surface area contributed by atoms with Gasteiger partial charge in [-0.05, 0) is 41.9 Å². The van der Waals surface area contributed by atoms with Crippen LogP contribution in [0.25, 0.3) is 0 Å². The van der Waals surface area contributed by atoms with Crippen molar-refractivity contribution in [2.75, 3.05) is 6.54 Å². The van der Waals surface area contributed by atoms with Gasteiger partial charge >= 0.3 is 0 Å². The lowest BCUT2D eigenvalue weighted by atomic mass is 9.85. The lowest BCUT2D eigenvalue weighted by Crippen LogP contribution is -2.23. The first-order valence-corrected chi connectivity index (χ1v) is 7.08. The quantitative estimate of drug-likeness (QED) is 0.892. The minimum Gasteiger partial charge on any atom is -0.311 e. The van der Waals surface area contributed by atoms with Crippen molar-refractivity contribution in [2.24, 2.45) is 5.41 Å². The van der Waals surface area contributed by atoms with Crippen LogP contribution in [0.4, 0.5) is 0 Å². The van der Waals surface area contributed by atoms with Crippen LogP contribution in [0.2, 0.25) is 0 Å². The van der Waals surface area contributed by atoms with Crippen LogP contribution in [-0.4, -0.2) is 6.54 Å². The Labute approximate surface area is 116 Å². The zero-order chi connectivity index (χ0) is 14.1. The number of hydrogen-bond donors (Lipinski definition) is 1. The van der Waals surface area contributed by atoms with E-state index < -0.39 is 0 Å². The second-order valence-corrected chi connectivity index (χ2v) is 6.89. The van der Waals surface area contributed by atoms with Crippen molar-refractivity contribution in [3.63, 3.8) is 0 Å². The zero-order valence-electron chi connectivity index (χ0n) is 12.5. The van der Waals surface area contributed by atoms with Gasteiger partial charge in [-0.2, -0.15) is 5.26 Å². The monoisotopic (exact) mass is 256 g/mol. The van der Waals surface area contributed by atoms with Crippen LogP contribution >= 0.6 is 0 Å². The summed E-state index contributed by atoms with van der Waals surface area (Å²) in [6.45, 7) is 10.6. The highest BCUT2D eigenvalue weighted by Crippen LogP contribution is 2.44. The predicted octanol–water partition coefficient (Wildman–Crippen LogP) is 3.69. The number of benzene rings is 1. The number of hydrogen-bond acceptors (Lipinski definition) is 2. The molecule has 0 atom stereocenters. The minimum atomic E-state index is -0.0563. The van der Waals surface area contributed by atoms with E-state index >= 15 is 0 Å². The average Bonchev–Trinajstić information content (AvgIpc) is 3.10. The Morgan fingerprint density at radius 3 is 2.47 bits per heavy atom. The molecule has 1 aromatic rings. The van der Waals surface area contributed by atoms with E-state index in [2.05, 4.69) is 57.3 Å². The number of nitriles is 1. The molecule has 0 unspecified atom stereocenters. The Bertz CT molecular complexity index is 499. The summed E-state index contributed by atoms with van der Waals surface area (Å²) in [5.74, 6) is 0. The smallest absolute Gasteiger partial charge is 0.0703 e. The summed E-state index contributed by atoms with van der Waals surface area (Å²) in [4.78, 5) is 0. The molecule has 0 radical (unpaired) electrons. The topological polar surface area (TPSA) is 35.8 Å². The predicted molar refractivity (Wildman–Crippen MR) is 78.9 cm³/mol.